The van der Waals surface area contributed by atoms with Crippen molar-refractivity contribution < 1.29 is 8.42 Å². The molecule has 0 atom stereocenters. The van der Waals surface area contributed by atoms with Crippen molar-refractivity contribution in [2.24, 2.45) is 0 Å². The first-order valence-electron chi connectivity index (χ1n) is 6.27. The Labute approximate surface area is 126 Å². The van der Waals surface area contributed by atoms with Gasteiger partial charge in [0.2, 0.25) is 10.0 Å². The number of hydrogen-bond acceptors (Lipinski definition) is 4. The van der Waals surface area contributed by atoms with E-state index < -0.39 is 10.0 Å². The van der Waals surface area contributed by atoms with Crippen LogP contribution in [0.5, 0.6) is 0 Å². The molecule has 110 valence electrons. The lowest BCUT2D eigenvalue weighted by atomic mass is 10.2. The molecular formula is C13H18ClN3O2S. The first kappa shape index (κ1) is 16.9. The Balaban J connectivity index is 0.00000200. The molecule has 1 N–H and O–H groups in total. The zero-order valence-corrected chi connectivity index (χ0v) is 12.9. The molecule has 1 heterocycles. The predicted octanol–water partition coefficient (Wildman–Crippen LogP) is 1.27. The topological polar surface area (TPSA) is 73.2 Å². The molecule has 0 radical (unpaired) electrons. The summed E-state index contributed by atoms with van der Waals surface area (Å²) in [5.41, 5.74) is 1.10. The maximum Gasteiger partial charge on any atom is 0.243 e. The molecule has 1 aliphatic rings. The monoisotopic (exact) mass is 315 g/mol. The lowest BCUT2D eigenvalue weighted by Gasteiger charge is -2.20. The number of halogens is 1. The smallest absolute Gasteiger partial charge is 0.243 e. The highest BCUT2D eigenvalue weighted by atomic mass is 35.5. The molecule has 0 amide bonds. The maximum absolute atomic E-state index is 12.6. The quantitative estimate of drug-likeness (QED) is 0.892. The van der Waals surface area contributed by atoms with Gasteiger partial charge in [-0.2, -0.15) is 9.57 Å². The van der Waals surface area contributed by atoms with Crippen LogP contribution in [0.2, 0.25) is 0 Å². The van der Waals surface area contributed by atoms with Crippen molar-refractivity contribution in [1.82, 2.24) is 9.62 Å². The summed E-state index contributed by atoms with van der Waals surface area (Å²) in [7, 11) is -3.46. The first-order valence-corrected chi connectivity index (χ1v) is 7.71. The summed E-state index contributed by atoms with van der Waals surface area (Å²) in [5, 5.41) is 12.0. The van der Waals surface area contributed by atoms with Crippen LogP contribution < -0.4 is 5.32 Å². The summed E-state index contributed by atoms with van der Waals surface area (Å²) in [5.74, 6) is 0. The standard InChI is InChI=1S/C13H17N3O2S.ClH/c1-11-9-12(10-14)3-4-13(11)19(17,18)16-7-2-5-15-6-8-16;/h3-4,9,15H,2,5-8H2,1H3;1H. The summed E-state index contributed by atoms with van der Waals surface area (Å²) in [6, 6.07) is 6.71. The van der Waals surface area contributed by atoms with E-state index >= 15 is 0 Å². The largest absolute Gasteiger partial charge is 0.315 e. The second-order valence-electron chi connectivity index (χ2n) is 4.60. The van der Waals surface area contributed by atoms with E-state index in [-0.39, 0.29) is 12.4 Å². The molecule has 0 saturated carbocycles. The molecule has 1 saturated heterocycles. The Hall–Kier alpha value is -1.13. The molecule has 0 aliphatic carbocycles. The highest BCUT2D eigenvalue weighted by Crippen LogP contribution is 2.21. The molecule has 5 nitrogen and oxygen atoms in total. The van der Waals surface area contributed by atoms with Gasteiger partial charge in [-0.15, -0.1) is 12.4 Å². The molecule has 0 spiro atoms. The molecule has 1 aromatic rings. The van der Waals surface area contributed by atoms with Crippen molar-refractivity contribution in [3.05, 3.63) is 29.3 Å². The van der Waals surface area contributed by atoms with E-state index in [1.54, 1.807) is 19.1 Å². The fraction of sp³-hybridized carbons (Fsp3) is 0.462. The highest BCUT2D eigenvalue weighted by molar-refractivity contribution is 7.89. The normalized spacial score (nSPS) is 16.8. The number of nitrogens with one attached hydrogen (secondary N) is 1. The fourth-order valence-electron chi connectivity index (χ4n) is 2.21. The number of hydrogen-bond donors (Lipinski definition) is 1. The van der Waals surface area contributed by atoms with E-state index in [0.717, 1.165) is 13.0 Å². The average Bonchev–Trinajstić information content (AvgIpc) is 2.67. The van der Waals surface area contributed by atoms with E-state index in [9.17, 15) is 8.42 Å². The zero-order valence-electron chi connectivity index (χ0n) is 11.3. The Bertz CT molecular complexity index is 603. The van der Waals surface area contributed by atoms with Gasteiger partial charge in [0.1, 0.15) is 0 Å². The minimum atomic E-state index is -3.46. The van der Waals surface area contributed by atoms with Gasteiger partial charge in [-0.05, 0) is 43.7 Å². The number of benzene rings is 1. The Morgan fingerprint density at radius 1 is 1.30 bits per heavy atom. The molecule has 0 unspecified atom stereocenters. The van der Waals surface area contributed by atoms with E-state index in [1.807, 2.05) is 6.07 Å². The predicted molar refractivity (Wildman–Crippen MR) is 79.4 cm³/mol. The van der Waals surface area contributed by atoms with Gasteiger partial charge in [-0.1, -0.05) is 0 Å². The van der Waals surface area contributed by atoms with Crippen LogP contribution in [-0.4, -0.2) is 38.9 Å². The van der Waals surface area contributed by atoms with Crippen LogP contribution in [0, 0.1) is 18.3 Å². The maximum atomic E-state index is 12.6. The van der Waals surface area contributed by atoms with Crippen LogP contribution >= 0.6 is 12.4 Å². The minimum Gasteiger partial charge on any atom is -0.315 e. The van der Waals surface area contributed by atoms with Gasteiger partial charge in [-0.25, -0.2) is 8.42 Å². The molecular weight excluding hydrogens is 298 g/mol. The molecule has 1 aromatic carbocycles. The number of nitrogens with zero attached hydrogens (tertiary/aromatic N) is 2. The van der Waals surface area contributed by atoms with E-state index in [2.05, 4.69) is 5.32 Å². The number of sulfonamides is 1. The van der Waals surface area contributed by atoms with Crippen LogP contribution in [-0.2, 0) is 10.0 Å². The fourth-order valence-corrected chi connectivity index (χ4v) is 3.89. The van der Waals surface area contributed by atoms with Crippen LogP contribution in [0.15, 0.2) is 23.1 Å². The molecule has 1 aliphatic heterocycles. The average molecular weight is 316 g/mol. The van der Waals surface area contributed by atoms with Crippen molar-refractivity contribution in [2.75, 3.05) is 26.2 Å². The Kier molecular flexibility index (Phi) is 5.96. The summed E-state index contributed by atoms with van der Waals surface area (Å²) in [6.45, 7) is 4.27. The van der Waals surface area contributed by atoms with Crippen molar-refractivity contribution in [3.8, 4) is 6.07 Å². The molecule has 1 fully saturated rings. The van der Waals surface area contributed by atoms with Crippen molar-refractivity contribution in [1.29, 1.82) is 5.26 Å². The third-order valence-electron chi connectivity index (χ3n) is 3.22. The van der Waals surface area contributed by atoms with E-state index in [4.69, 9.17) is 5.26 Å². The summed E-state index contributed by atoms with van der Waals surface area (Å²) < 4.78 is 26.7. The second kappa shape index (κ2) is 7.04. The van der Waals surface area contributed by atoms with Crippen LogP contribution in [0.3, 0.4) is 0 Å². The minimum absolute atomic E-state index is 0. The van der Waals surface area contributed by atoms with Gasteiger partial charge in [0.25, 0.3) is 0 Å². The number of nitriles is 1. The zero-order chi connectivity index (χ0) is 13.9. The van der Waals surface area contributed by atoms with Crippen LogP contribution in [0.25, 0.3) is 0 Å². The molecule has 20 heavy (non-hydrogen) atoms. The van der Waals surface area contributed by atoms with Crippen molar-refractivity contribution >= 4 is 22.4 Å². The van der Waals surface area contributed by atoms with Gasteiger partial charge in [0.15, 0.2) is 0 Å². The molecule has 7 heteroatoms. The highest BCUT2D eigenvalue weighted by Gasteiger charge is 2.26. The van der Waals surface area contributed by atoms with Gasteiger partial charge in [-0.3, -0.25) is 0 Å². The van der Waals surface area contributed by atoms with Gasteiger partial charge < -0.3 is 5.32 Å². The van der Waals surface area contributed by atoms with Gasteiger partial charge >= 0.3 is 0 Å². The van der Waals surface area contributed by atoms with Crippen molar-refractivity contribution in [3.63, 3.8) is 0 Å². The van der Waals surface area contributed by atoms with E-state index in [1.165, 1.54) is 10.4 Å². The number of rotatable bonds is 2. The Morgan fingerprint density at radius 3 is 2.70 bits per heavy atom. The number of aryl methyl sites for hydroxylation is 1. The van der Waals surface area contributed by atoms with Gasteiger partial charge in [0.05, 0.1) is 16.5 Å². The summed E-state index contributed by atoms with van der Waals surface area (Å²) in [4.78, 5) is 0.299. The van der Waals surface area contributed by atoms with Crippen LogP contribution in [0.1, 0.15) is 17.5 Å². The van der Waals surface area contributed by atoms with E-state index in [0.29, 0.717) is 35.7 Å². The van der Waals surface area contributed by atoms with Crippen molar-refractivity contribution in [2.45, 2.75) is 18.2 Å². The van der Waals surface area contributed by atoms with Crippen LogP contribution in [0.4, 0.5) is 0 Å². The third kappa shape index (κ3) is 3.49. The first-order chi connectivity index (χ1) is 9.05. The Morgan fingerprint density at radius 2 is 2.05 bits per heavy atom. The lowest BCUT2D eigenvalue weighted by Crippen LogP contribution is -2.34. The third-order valence-corrected chi connectivity index (χ3v) is 5.28. The van der Waals surface area contributed by atoms with Gasteiger partial charge in [0, 0.05) is 19.6 Å². The lowest BCUT2D eigenvalue weighted by molar-refractivity contribution is 0.431. The molecule has 0 aromatic heterocycles. The molecule has 0 bridgehead atoms. The summed E-state index contributed by atoms with van der Waals surface area (Å²) in [6.07, 6.45) is 0.814. The second-order valence-corrected chi connectivity index (χ2v) is 6.51. The summed E-state index contributed by atoms with van der Waals surface area (Å²) >= 11 is 0. The SMILES string of the molecule is Cc1cc(C#N)ccc1S(=O)(=O)N1CCCNCC1.Cl. The molecule has 2 rings (SSSR count).